The number of carboxylic acid groups (broad SMARTS) is 1. The van der Waals surface area contributed by atoms with E-state index < -0.39 is 5.97 Å². The van der Waals surface area contributed by atoms with Gasteiger partial charge in [-0.3, -0.25) is 4.79 Å². The molecule has 0 unspecified atom stereocenters. The van der Waals surface area contributed by atoms with Gasteiger partial charge in [0.1, 0.15) is 11.4 Å². The summed E-state index contributed by atoms with van der Waals surface area (Å²) in [6.45, 7) is 3.09. The standard InChI is InChI=1S/C19H18Cl3N3OS.C15H8Cl3NO2S.C4H12N2.CH4/c1-25(2)6-5-23-19(26)16-10-13-15(24-16)8-12(21)9-18(13)27-17-4-3-11(20)7-14(17)22;16-7-1-2-13(10(18)3-7)22-14-5-8(17)4-11-9(14)6-12(19-11)15(20)21;1-6(2)4-3-5;/h3-4,7-10,24H,5-6H2,1-2H3,(H,23,26);1-6,19H,(H,20,21);3-5H2,1-2H3;1H4. The number of H-pyrrole nitrogens is 2. The lowest BCUT2D eigenvalue weighted by Crippen LogP contribution is -2.31. The quantitative estimate of drug-likeness (QED) is 0.0869. The van der Waals surface area contributed by atoms with E-state index in [-0.39, 0.29) is 19.0 Å². The van der Waals surface area contributed by atoms with Crippen LogP contribution in [0.5, 0.6) is 0 Å². The lowest BCUT2D eigenvalue weighted by Gasteiger charge is -2.09. The van der Waals surface area contributed by atoms with Gasteiger partial charge in [0.15, 0.2) is 0 Å². The van der Waals surface area contributed by atoms with Crippen molar-refractivity contribution in [2.24, 2.45) is 5.73 Å². The van der Waals surface area contributed by atoms with Crippen molar-refractivity contribution in [1.29, 1.82) is 0 Å². The van der Waals surface area contributed by atoms with Crippen LogP contribution in [-0.2, 0) is 0 Å². The van der Waals surface area contributed by atoms with E-state index in [2.05, 4.69) is 20.2 Å². The smallest absolute Gasteiger partial charge is 0.352 e. The summed E-state index contributed by atoms with van der Waals surface area (Å²) >= 11 is 39.6. The van der Waals surface area contributed by atoms with Gasteiger partial charge in [-0.05, 0) is 101 Å². The molecule has 6 rings (SSSR count). The largest absolute Gasteiger partial charge is 0.477 e. The Labute approximate surface area is 365 Å². The highest BCUT2D eigenvalue weighted by Crippen LogP contribution is 2.41. The molecular weight excluding hydrogens is 877 g/mol. The minimum atomic E-state index is -1.02. The summed E-state index contributed by atoms with van der Waals surface area (Å²) in [4.78, 5) is 37.0. The molecule has 1 amide bonds. The molecule has 6 N–H and O–H groups in total. The van der Waals surface area contributed by atoms with Crippen LogP contribution in [0, 0.1) is 0 Å². The van der Waals surface area contributed by atoms with Crippen molar-refractivity contribution in [2.75, 3.05) is 54.4 Å². The Morgan fingerprint density at radius 2 is 1.09 bits per heavy atom. The van der Waals surface area contributed by atoms with Crippen LogP contribution in [0.1, 0.15) is 28.4 Å². The first-order valence-corrected chi connectivity index (χ1v) is 20.4. The second-order valence-corrected chi connectivity index (χ2v) is 17.1. The van der Waals surface area contributed by atoms with Crippen molar-refractivity contribution in [1.82, 2.24) is 25.1 Å². The molecule has 0 aliphatic carbocycles. The highest BCUT2D eigenvalue weighted by atomic mass is 35.5. The maximum atomic E-state index is 12.4. The molecule has 2 aromatic heterocycles. The molecule has 300 valence electrons. The van der Waals surface area contributed by atoms with E-state index in [4.69, 9.17) is 80.4 Å². The van der Waals surface area contributed by atoms with E-state index in [1.807, 2.05) is 57.4 Å². The van der Waals surface area contributed by atoms with Crippen molar-refractivity contribution in [2.45, 2.75) is 27.0 Å². The molecule has 0 spiro atoms. The summed E-state index contributed by atoms with van der Waals surface area (Å²) in [5.41, 5.74) is 7.26. The van der Waals surface area contributed by atoms with Crippen molar-refractivity contribution < 1.29 is 14.7 Å². The third-order valence-corrected chi connectivity index (χ3v) is 11.5. The van der Waals surface area contributed by atoms with E-state index in [0.717, 1.165) is 55.5 Å². The van der Waals surface area contributed by atoms with Crippen molar-refractivity contribution in [3.63, 3.8) is 0 Å². The highest BCUT2D eigenvalue weighted by molar-refractivity contribution is 8.00. The predicted molar refractivity (Wildman–Crippen MR) is 240 cm³/mol. The van der Waals surface area contributed by atoms with Crippen LogP contribution in [-0.4, -0.2) is 91.1 Å². The first kappa shape index (κ1) is 47.6. The van der Waals surface area contributed by atoms with Crippen LogP contribution in [0.2, 0.25) is 30.1 Å². The Hall–Kier alpha value is -2.78. The monoisotopic (exact) mass is 916 g/mol. The summed E-state index contributed by atoms with van der Waals surface area (Å²) in [7, 11) is 7.94. The molecule has 0 saturated heterocycles. The maximum absolute atomic E-state index is 12.4. The minimum absolute atomic E-state index is 0. The topological polar surface area (TPSA) is 130 Å². The molecule has 0 aliphatic heterocycles. The van der Waals surface area contributed by atoms with Gasteiger partial charge in [-0.15, -0.1) is 0 Å². The number of rotatable bonds is 11. The Morgan fingerprint density at radius 1 is 0.643 bits per heavy atom. The fourth-order valence-corrected chi connectivity index (χ4v) is 8.45. The van der Waals surface area contributed by atoms with Crippen LogP contribution < -0.4 is 11.1 Å². The van der Waals surface area contributed by atoms with Crippen LogP contribution >= 0.6 is 93.1 Å². The number of aromatic carboxylic acids is 1. The van der Waals surface area contributed by atoms with Gasteiger partial charge in [0.25, 0.3) is 5.91 Å². The molecule has 6 aromatic rings. The van der Waals surface area contributed by atoms with Gasteiger partial charge < -0.3 is 35.9 Å². The van der Waals surface area contributed by atoms with E-state index in [0.29, 0.717) is 47.9 Å². The molecule has 56 heavy (non-hydrogen) atoms. The number of nitrogens with two attached hydrogens (primary N) is 1. The Morgan fingerprint density at radius 3 is 1.48 bits per heavy atom. The minimum Gasteiger partial charge on any atom is -0.477 e. The fourth-order valence-electron chi connectivity index (χ4n) is 4.85. The van der Waals surface area contributed by atoms with Gasteiger partial charge in [0.2, 0.25) is 0 Å². The first-order valence-electron chi connectivity index (χ1n) is 16.5. The molecule has 9 nitrogen and oxygen atoms in total. The first-order chi connectivity index (χ1) is 26.0. The van der Waals surface area contributed by atoms with Crippen LogP contribution in [0.4, 0.5) is 0 Å². The van der Waals surface area contributed by atoms with Gasteiger partial charge in [-0.2, -0.15) is 0 Å². The number of nitrogens with one attached hydrogen (secondary N) is 3. The second kappa shape index (κ2) is 22.4. The number of carbonyl (C=O) groups excluding carboxylic acids is 1. The van der Waals surface area contributed by atoms with Crippen molar-refractivity contribution in [3.8, 4) is 0 Å². The van der Waals surface area contributed by atoms with Gasteiger partial charge in [-0.1, -0.05) is 101 Å². The highest BCUT2D eigenvalue weighted by Gasteiger charge is 2.16. The average Bonchev–Trinajstić information content (AvgIpc) is 3.73. The number of halogens is 6. The summed E-state index contributed by atoms with van der Waals surface area (Å²) < 4.78 is 0. The Bertz CT molecular complexity index is 2280. The summed E-state index contributed by atoms with van der Waals surface area (Å²) in [6.07, 6.45) is 0. The molecule has 0 bridgehead atoms. The SMILES string of the molecule is C.CN(C)CCN.CN(C)CCNC(=O)c1cc2c(Sc3ccc(Cl)cc3Cl)cc(Cl)cc2[nH]1.O=C(O)c1cc2c(Sc3ccc(Cl)cc3Cl)cc(Cl)cc2[nH]1. The van der Waals surface area contributed by atoms with Crippen LogP contribution in [0.25, 0.3) is 21.8 Å². The molecule has 0 saturated carbocycles. The number of nitrogens with zero attached hydrogens (tertiary/aromatic N) is 2. The number of fused-ring (bicyclic) bond motifs is 2. The zero-order valence-electron chi connectivity index (χ0n) is 30.1. The number of aromatic nitrogens is 2. The summed E-state index contributed by atoms with van der Waals surface area (Å²) in [6, 6.07) is 21.1. The molecule has 17 heteroatoms. The zero-order valence-corrected chi connectivity index (χ0v) is 36.2. The van der Waals surface area contributed by atoms with E-state index >= 15 is 0 Å². The zero-order chi connectivity index (χ0) is 40.4. The third-order valence-electron chi connectivity index (χ3n) is 7.45. The third kappa shape index (κ3) is 14.0. The number of hydrogen-bond donors (Lipinski definition) is 5. The van der Waals surface area contributed by atoms with E-state index in [1.165, 1.54) is 23.5 Å². The van der Waals surface area contributed by atoms with E-state index in [9.17, 15) is 9.59 Å². The lowest BCUT2D eigenvalue weighted by molar-refractivity contribution is 0.0691. The fraction of sp³-hybridized carbons (Fsp3) is 0.231. The number of aromatic amines is 2. The van der Waals surface area contributed by atoms with Crippen LogP contribution in [0.15, 0.2) is 92.4 Å². The molecule has 0 fully saturated rings. The van der Waals surface area contributed by atoms with Gasteiger partial charge >= 0.3 is 5.97 Å². The average molecular weight is 920 g/mol. The van der Waals surface area contributed by atoms with Crippen molar-refractivity contribution in [3.05, 3.63) is 114 Å². The molecule has 0 atom stereocenters. The molecule has 4 aromatic carbocycles. The number of amides is 1. The Balaban J connectivity index is 0.000000262. The molecular formula is C39H42Cl6N6O3S2. The van der Waals surface area contributed by atoms with Gasteiger partial charge in [0, 0.05) is 87.7 Å². The maximum Gasteiger partial charge on any atom is 0.352 e. The number of carboxylic acids is 1. The van der Waals surface area contributed by atoms with E-state index in [1.54, 1.807) is 48.5 Å². The molecule has 0 radical (unpaired) electrons. The van der Waals surface area contributed by atoms with Crippen LogP contribution in [0.3, 0.4) is 0 Å². The number of carbonyl (C=O) groups is 2. The number of likely N-dealkylation sites (N-methyl/N-ethyl adjacent to an activating group) is 2. The summed E-state index contributed by atoms with van der Waals surface area (Å²) in [5, 5.41) is 17.0. The van der Waals surface area contributed by atoms with Gasteiger partial charge in [0.05, 0.1) is 10.0 Å². The summed E-state index contributed by atoms with van der Waals surface area (Å²) in [5.74, 6) is -1.17. The van der Waals surface area contributed by atoms with Gasteiger partial charge in [-0.25, -0.2) is 4.79 Å². The molecule has 2 heterocycles. The number of hydrogen-bond acceptors (Lipinski definition) is 7. The number of benzene rings is 4. The predicted octanol–water partition coefficient (Wildman–Crippen LogP) is 11.7. The molecule has 0 aliphatic rings. The lowest BCUT2D eigenvalue weighted by atomic mass is 10.2. The second-order valence-electron chi connectivity index (χ2n) is 12.4. The normalized spacial score (nSPS) is 10.9. The Kier molecular flexibility index (Phi) is 19.0. The van der Waals surface area contributed by atoms with Crippen molar-refractivity contribution >= 4 is 127 Å².